The normalized spacial score (nSPS) is 19.4. The van der Waals surface area contributed by atoms with Crippen LogP contribution in [-0.2, 0) is 18.0 Å². The Balaban J connectivity index is 1.25. The van der Waals surface area contributed by atoms with E-state index >= 15 is 0 Å². The minimum absolute atomic E-state index is 0.0703. The fraction of sp³-hybridized carbons (Fsp3) is 0.259. The van der Waals surface area contributed by atoms with Crippen LogP contribution in [0.25, 0.3) is 5.57 Å². The molecule has 32 heavy (non-hydrogen) atoms. The van der Waals surface area contributed by atoms with Crippen LogP contribution < -0.4 is 4.74 Å². The minimum Gasteiger partial charge on any atom is -0.487 e. The largest absolute Gasteiger partial charge is 0.487 e. The SMILES string of the molecule is O=C(OCc1ccccc1)N1C2C=C(c3cncc(OCc4ccccc4)c3)CC1CC2. The van der Waals surface area contributed by atoms with Gasteiger partial charge in [-0.2, -0.15) is 0 Å². The van der Waals surface area contributed by atoms with Crippen molar-refractivity contribution in [2.45, 2.75) is 44.6 Å². The number of nitrogens with zero attached hydrogens (tertiary/aromatic N) is 2. The van der Waals surface area contributed by atoms with Crippen molar-refractivity contribution in [2.24, 2.45) is 0 Å². The van der Waals surface area contributed by atoms with Gasteiger partial charge in [0.25, 0.3) is 0 Å². The third-order valence-electron chi connectivity index (χ3n) is 6.14. The van der Waals surface area contributed by atoms with Crippen molar-refractivity contribution in [2.75, 3.05) is 0 Å². The third-order valence-corrected chi connectivity index (χ3v) is 6.14. The zero-order valence-corrected chi connectivity index (χ0v) is 17.9. The maximum Gasteiger partial charge on any atom is 0.410 e. The van der Waals surface area contributed by atoms with E-state index in [1.807, 2.05) is 77.8 Å². The van der Waals surface area contributed by atoms with Crippen molar-refractivity contribution in [1.29, 1.82) is 0 Å². The molecule has 1 saturated heterocycles. The summed E-state index contributed by atoms with van der Waals surface area (Å²) < 4.78 is 11.6. The molecule has 5 nitrogen and oxygen atoms in total. The Morgan fingerprint density at radius 2 is 1.66 bits per heavy atom. The van der Waals surface area contributed by atoms with Gasteiger partial charge in [0, 0.05) is 12.2 Å². The van der Waals surface area contributed by atoms with Crippen LogP contribution in [0.1, 0.15) is 36.0 Å². The highest BCUT2D eigenvalue weighted by atomic mass is 16.6. The number of benzene rings is 2. The molecule has 2 aliphatic rings. The molecule has 0 N–H and O–H groups in total. The summed E-state index contributed by atoms with van der Waals surface area (Å²) in [6.45, 7) is 0.814. The van der Waals surface area contributed by atoms with Gasteiger partial charge in [-0.3, -0.25) is 9.88 Å². The van der Waals surface area contributed by atoms with Crippen LogP contribution in [0, 0.1) is 0 Å². The van der Waals surface area contributed by atoms with E-state index < -0.39 is 0 Å². The van der Waals surface area contributed by atoms with E-state index in [0.717, 1.165) is 41.7 Å². The zero-order valence-electron chi connectivity index (χ0n) is 17.9. The number of rotatable bonds is 6. The number of carbonyl (C=O) groups excluding carboxylic acids is 1. The van der Waals surface area contributed by atoms with E-state index in [0.29, 0.717) is 13.2 Å². The molecular formula is C27H26N2O3. The summed E-state index contributed by atoms with van der Waals surface area (Å²) in [6.07, 6.45) is 8.36. The standard InChI is InChI=1S/C27H26N2O3/c30-27(32-19-21-9-5-2-6-10-21)29-24-11-12-25(29)14-22(13-24)23-15-26(17-28-16-23)31-18-20-7-3-1-4-8-20/h1-10,13,15-17,24-25H,11-12,14,18-19H2. The first-order chi connectivity index (χ1) is 15.8. The maximum atomic E-state index is 12.8. The van der Waals surface area contributed by atoms with Gasteiger partial charge in [0.05, 0.1) is 12.2 Å². The van der Waals surface area contributed by atoms with Crippen molar-refractivity contribution in [3.8, 4) is 5.75 Å². The number of aromatic nitrogens is 1. The molecule has 1 fully saturated rings. The lowest BCUT2D eigenvalue weighted by molar-refractivity contribution is 0.0832. The molecule has 2 atom stereocenters. The van der Waals surface area contributed by atoms with Crippen molar-refractivity contribution in [1.82, 2.24) is 9.88 Å². The molecule has 2 bridgehead atoms. The molecule has 0 radical (unpaired) electrons. The Morgan fingerprint density at radius 3 is 2.38 bits per heavy atom. The van der Waals surface area contributed by atoms with Gasteiger partial charge in [0.1, 0.15) is 19.0 Å². The number of carbonyl (C=O) groups is 1. The molecular weight excluding hydrogens is 400 g/mol. The highest BCUT2D eigenvalue weighted by Crippen LogP contribution is 2.39. The maximum absolute atomic E-state index is 12.8. The molecule has 1 amide bonds. The number of fused-ring (bicyclic) bond motifs is 2. The Kier molecular flexibility index (Phi) is 5.88. The van der Waals surface area contributed by atoms with Crippen molar-refractivity contribution < 1.29 is 14.3 Å². The van der Waals surface area contributed by atoms with Gasteiger partial charge in [-0.1, -0.05) is 66.7 Å². The van der Waals surface area contributed by atoms with Gasteiger partial charge >= 0.3 is 6.09 Å². The number of ether oxygens (including phenoxy) is 2. The highest BCUT2D eigenvalue weighted by Gasteiger charge is 2.40. The second-order valence-electron chi connectivity index (χ2n) is 8.33. The van der Waals surface area contributed by atoms with Crippen LogP contribution in [0.4, 0.5) is 4.79 Å². The molecule has 3 heterocycles. The molecule has 5 rings (SSSR count). The van der Waals surface area contributed by atoms with E-state index in [1.54, 1.807) is 6.20 Å². The van der Waals surface area contributed by atoms with Crippen molar-refractivity contribution in [3.63, 3.8) is 0 Å². The number of pyridine rings is 1. The van der Waals surface area contributed by atoms with Gasteiger partial charge in [0.15, 0.2) is 0 Å². The Morgan fingerprint density at radius 1 is 0.938 bits per heavy atom. The van der Waals surface area contributed by atoms with Crippen LogP contribution in [0.15, 0.2) is 85.2 Å². The van der Waals surface area contributed by atoms with Gasteiger partial charge < -0.3 is 9.47 Å². The van der Waals surface area contributed by atoms with E-state index in [2.05, 4.69) is 11.1 Å². The van der Waals surface area contributed by atoms with Crippen LogP contribution in [-0.4, -0.2) is 28.1 Å². The fourth-order valence-corrected chi connectivity index (χ4v) is 4.54. The molecule has 0 aliphatic carbocycles. The lowest BCUT2D eigenvalue weighted by atomic mass is 9.96. The Hall–Kier alpha value is -3.60. The van der Waals surface area contributed by atoms with Gasteiger partial charge in [0.2, 0.25) is 0 Å². The van der Waals surface area contributed by atoms with Gasteiger partial charge in [-0.15, -0.1) is 0 Å². The first-order valence-electron chi connectivity index (χ1n) is 11.1. The summed E-state index contributed by atoms with van der Waals surface area (Å²) >= 11 is 0. The van der Waals surface area contributed by atoms with Crippen molar-refractivity contribution in [3.05, 3.63) is 102 Å². The van der Waals surface area contributed by atoms with E-state index in [1.165, 1.54) is 5.57 Å². The fourth-order valence-electron chi connectivity index (χ4n) is 4.54. The molecule has 0 spiro atoms. The summed E-state index contributed by atoms with van der Waals surface area (Å²) in [5.74, 6) is 0.754. The van der Waals surface area contributed by atoms with Crippen LogP contribution >= 0.6 is 0 Å². The van der Waals surface area contributed by atoms with Crippen LogP contribution in [0.3, 0.4) is 0 Å². The predicted octanol–water partition coefficient (Wildman–Crippen LogP) is 5.62. The van der Waals surface area contributed by atoms with Crippen LogP contribution in [0.2, 0.25) is 0 Å². The lowest BCUT2D eigenvalue weighted by Gasteiger charge is -2.33. The molecule has 3 aromatic rings. The summed E-state index contributed by atoms with van der Waals surface area (Å²) in [7, 11) is 0. The second kappa shape index (κ2) is 9.27. The smallest absolute Gasteiger partial charge is 0.410 e. The topological polar surface area (TPSA) is 51.7 Å². The number of hydrogen-bond donors (Lipinski definition) is 0. The third kappa shape index (κ3) is 4.52. The molecule has 2 unspecified atom stereocenters. The van der Waals surface area contributed by atoms with E-state index in [4.69, 9.17) is 9.47 Å². The summed E-state index contributed by atoms with van der Waals surface area (Å²) in [4.78, 5) is 19.1. The molecule has 5 heteroatoms. The average molecular weight is 427 g/mol. The Bertz CT molecular complexity index is 1100. The van der Waals surface area contributed by atoms with Gasteiger partial charge in [-0.25, -0.2) is 4.79 Å². The average Bonchev–Trinajstić information content (AvgIpc) is 3.12. The molecule has 1 aromatic heterocycles. The highest BCUT2D eigenvalue weighted by molar-refractivity contribution is 5.75. The van der Waals surface area contributed by atoms with E-state index in [9.17, 15) is 4.79 Å². The van der Waals surface area contributed by atoms with Crippen molar-refractivity contribution >= 4 is 11.7 Å². The zero-order chi connectivity index (χ0) is 21.8. The monoisotopic (exact) mass is 426 g/mol. The number of hydrogen-bond acceptors (Lipinski definition) is 4. The quantitative estimate of drug-likeness (QED) is 0.514. The summed E-state index contributed by atoms with van der Waals surface area (Å²) in [5.41, 5.74) is 4.41. The number of amides is 1. The molecule has 2 aromatic carbocycles. The predicted molar refractivity (Wildman–Crippen MR) is 123 cm³/mol. The Labute approximate surface area is 188 Å². The molecule has 2 aliphatic heterocycles. The van der Waals surface area contributed by atoms with Gasteiger partial charge in [-0.05, 0) is 47.6 Å². The minimum atomic E-state index is -0.227. The second-order valence-corrected chi connectivity index (χ2v) is 8.33. The summed E-state index contributed by atoms with van der Waals surface area (Å²) in [5, 5.41) is 0. The summed E-state index contributed by atoms with van der Waals surface area (Å²) in [6, 6.07) is 22.2. The molecule has 162 valence electrons. The first-order valence-corrected chi connectivity index (χ1v) is 11.1. The van der Waals surface area contributed by atoms with E-state index in [-0.39, 0.29) is 18.2 Å². The first kappa shape index (κ1) is 20.3. The van der Waals surface area contributed by atoms with Crippen LogP contribution in [0.5, 0.6) is 5.75 Å². The molecule has 0 saturated carbocycles. The lowest BCUT2D eigenvalue weighted by Crippen LogP contribution is -2.43.